The molecule has 208 valence electrons. The second-order valence-electron chi connectivity index (χ2n) is 10.1. The number of aromatic hydroxyl groups is 1. The highest BCUT2D eigenvalue weighted by molar-refractivity contribution is 6.22. The van der Waals surface area contributed by atoms with Crippen molar-refractivity contribution in [2.45, 2.75) is 13.5 Å². The fraction of sp³-hybridized carbons (Fsp3) is 0.212. The third kappa shape index (κ3) is 5.39. The van der Waals surface area contributed by atoms with Gasteiger partial charge in [-0.25, -0.2) is 9.79 Å². The number of ether oxygens (including phenoxy) is 2. The van der Waals surface area contributed by atoms with Gasteiger partial charge in [-0.2, -0.15) is 0 Å². The zero-order valence-electron chi connectivity index (χ0n) is 23.1. The fourth-order valence-corrected chi connectivity index (χ4v) is 5.41. The average Bonchev–Trinajstić information content (AvgIpc) is 3.54. The Morgan fingerprint density at radius 2 is 1.73 bits per heavy atom. The maximum atomic E-state index is 12.1. The maximum Gasteiger partial charge on any atom is 0.337 e. The Labute approximate surface area is 238 Å². The number of rotatable bonds is 7. The van der Waals surface area contributed by atoms with Crippen LogP contribution < -0.4 is 0 Å². The van der Waals surface area contributed by atoms with Gasteiger partial charge in [0.2, 0.25) is 0 Å². The minimum atomic E-state index is -0.439. The highest BCUT2D eigenvalue weighted by Gasteiger charge is 2.20. The molecule has 41 heavy (non-hydrogen) atoms. The Bertz CT molecular complexity index is 1710. The van der Waals surface area contributed by atoms with Gasteiger partial charge < -0.3 is 24.1 Å². The minimum Gasteiger partial charge on any atom is -0.494 e. The number of esters is 1. The van der Waals surface area contributed by atoms with Crippen LogP contribution in [0, 0.1) is 6.92 Å². The molecule has 2 N–H and O–H groups in total. The van der Waals surface area contributed by atoms with Crippen LogP contribution in [0.25, 0.3) is 16.6 Å². The van der Waals surface area contributed by atoms with E-state index in [1.165, 1.54) is 18.5 Å². The molecule has 0 bridgehead atoms. The van der Waals surface area contributed by atoms with Crippen molar-refractivity contribution in [2.24, 2.45) is 4.99 Å². The van der Waals surface area contributed by atoms with E-state index < -0.39 is 5.97 Å². The number of aromatic nitrogens is 2. The Balaban J connectivity index is 1.38. The van der Waals surface area contributed by atoms with Crippen LogP contribution in [-0.4, -0.2) is 64.7 Å². The molecular weight excluding hydrogens is 516 g/mol. The zero-order valence-corrected chi connectivity index (χ0v) is 23.1. The second kappa shape index (κ2) is 11.4. The van der Waals surface area contributed by atoms with Crippen LogP contribution in [-0.2, 0) is 16.0 Å². The van der Waals surface area contributed by atoms with Gasteiger partial charge in [0, 0.05) is 53.2 Å². The third-order valence-corrected chi connectivity index (χ3v) is 7.48. The molecule has 8 heteroatoms. The van der Waals surface area contributed by atoms with Crippen LogP contribution in [0.3, 0.4) is 0 Å². The van der Waals surface area contributed by atoms with Gasteiger partial charge in [0.1, 0.15) is 0 Å². The van der Waals surface area contributed by atoms with Crippen LogP contribution in [0.2, 0.25) is 0 Å². The minimum absolute atomic E-state index is 0.0167. The standard InChI is InChI=1S/C33H32N4O4/c1-22-8-12-27(21-36-16-18-41-19-17-36)37(22)26-13-10-25(11-14-26)34-31(23-6-4-3-5-7-23)30-28-15-9-24(33(39)40-2)20-29(28)35-32(30)38/h3-15,20,35,38H,16-19,21H2,1-2H3. The number of nitrogens with zero attached hydrogens (tertiary/aromatic N) is 3. The predicted molar refractivity (Wildman–Crippen MR) is 160 cm³/mol. The smallest absolute Gasteiger partial charge is 0.337 e. The monoisotopic (exact) mass is 548 g/mol. The number of aromatic amines is 1. The summed E-state index contributed by atoms with van der Waals surface area (Å²) in [6.07, 6.45) is 0. The van der Waals surface area contributed by atoms with Crippen molar-refractivity contribution in [3.8, 4) is 11.6 Å². The molecule has 1 aliphatic rings. The third-order valence-electron chi connectivity index (χ3n) is 7.48. The molecule has 1 fully saturated rings. The molecule has 1 aliphatic heterocycles. The summed E-state index contributed by atoms with van der Waals surface area (Å²) in [7, 11) is 1.35. The lowest BCUT2D eigenvalue weighted by Crippen LogP contribution is -2.36. The molecule has 0 aliphatic carbocycles. The Hall–Kier alpha value is -4.66. The number of nitrogens with one attached hydrogen (secondary N) is 1. The van der Waals surface area contributed by atoms with E-state index in [4.69, 9.17) is 14.5 Å². The maximum absolute atomic E-state index is 12.1. The van der Waals surface area contributed by atoms with Gasteiger partial charge in [-0.15, -0.1) is 0 Å². The van der Waals surface area contributed by atoms with Crippen molar-refractivity contribution in [1.82, 2.24) is 14.5 Å². The highest BCUT2D eigenvalue weighted by atomic mass is 16.5. The van der Waals surface area contributed by atoms with Crippen LogP contribution in [0.1, 0.15) is 32.9 Å². The first-order valence-corrected chi connectivity index (χ1v) is 13.7. The summed E-state index contributed by atoms with van der Waals surface area (Å²) in [6, 6.07) is 27.4. The average molecular weight is 549 g/mol. The molecule has 3 heterocycles. The fourth-order valence-electron chi connectivity index (χ4n) is 5.41. The molecular formula is C33H32N4O4. The first kappa shape index (κ1) is 26.6. The number of fused-ring (bicyclic) bond motifs is 1. The summed E-state index contributed by atoms with van der Waals surface area (Å²) in [5.74, 6) is -0.456. The van der Waals surface area contributed by atoms with Crippen LogP contribution in [0.15, 0.2) is 89.9 Å². The molecule has 5 aromatic rings. The number of carbonyl (C=O) groups excluding carboxylic acids is 1. The van der Waals surface area contributed by atoms with E-state index in [-0.39, 0.29) is 5.88 Å². The van der Waals surface area contributed by atoms with Crippen LogP contribution >= 0.6 is 0 Å². The molecule has 3 aromatic carbocycles. The number of methoxy groups -OCH3 is 1. The number of benzene rings is 3. The summed E-state index contributed by atoms with van der Waals surface area (Å²) in [6.45, 7) is 6.40. The molecule has 0 saturated carbocycles. The number of H-pyrrole nitrogens is 1. The summed E-state index contributed by atoms with van der Waals surface area (Å²) in [5.41, 5.74) is 7.31. The van der Waals surface area contributed by atoms with E-state index >= 15 is 0 Å². The van der Waals surface area contributed by atoms with E-state index in [9.17, 15) is 9.90 Å². The van der Waals surface area contributed by atoms with Gasteiger partial charge >= 0.3 is 5.97 Å². The molecule has 2 aromatic heterocycles. The highest BCUT2D eigenvalue weighted by Crippen LogP contribution is 2.32. The molecule has 0 radical (unpaired) electrons. The summed E-state index contributed by atoms with van der Waals surface area (Å²) in [5, 5.41) is 11.8. The van der Waals surface area contributed by atoms with Gasteiger partial charge in [-0.05, 0) is 55.5 Å². The van der Waals surface area contributed by atoms with Crippen molar-refractivity contribution in [2.75, 3.05) is 33.4 Å². The number of hydrogen-bond donors (Lipinski definition) is 2. The summed E-state index contributed by atoms with van der Waals surface area (Å²) < 4.78 is 12.7. The molecule has 1 saturated heterocycles. The predicted octanol–water partition coefficient (Wildman–Crippen LogP) is 5.76. The topological polar surface area (TPSA) is 92.1 Å². The van der Waals surface area contributed by atoms with E-state index in [1.54, 1.807) is 18.2 Å². The van der Waals surface area contributed by atoms with Gasteiger partial charge in [0.25, 0.3) is 0 Å². The lowest BCUT2D eigenvalue weighted by atomic mass is 10.00. The van der Waals surface area contributed by atoms with Crippen molar-refractivity contribution in [3.63, 3.8) is 0 Å². The van der Waals surface area contributed by atoms with Gasteiger partial charge in [-0.1, -0.05) is 36.4 Å². The van der Waals surface area contributed by atoms with E-state index in [2.05, 4.69) is 45.6 Å². The van der Waals surface area contributed by atoms with Crippen molar-refractivity contribution in [3.05, 3.63) is 113 Å². The molecule has 6 rings (SSSR count). The van der Waals surface area contributed by atoms with Crippen molar-refractivity contribution in [1.29, 1.82) is 0 Å². The zero-order chi connectivity index (χ0) is 28.3. The number of aryl methyl sites for hydroxylation is 1. The lowest BCUT2D eigenvalue weighted by molar-refractivity contribution is 0.0334. The van der Waals surface area contributed by atoms with Gasteiger partial charge in [0.15, 0.2) is 5.88 Å². The molecule has 0 atom stereocenters. The van der Waals surface area contributed by atoms with Crippen LogP contribution in [0.4, 0.5) is 5.69 Å². The molecule has 0 amide bonds. The Kier molecular flexibility index (Phi) is 7.41. The van der Waals surface area contributed by atoms with Crippen molar-refractivity contribution < 1.29 is 19.4 Å². The lowest BCUT2D eigenvalue weighted by Gasteiger charge is -2.27. The normalized spacial score (nSPS) is 14.4. The van der Waals surface area contributed by atoms with Crippen LogP contribution in [0.5, 0.6) is 5.88 Å². The number of aliphatic imine (C=N–C) groups is 1. The SMILES string of the molecule is COC(=O)c1ccc2c(C(=Nc3ccc(-n4c(C)ccc4CN4CCOCC4)cc3)c3ccccc3)c(O)[nH]c2c1. The first-order valence-electron chi connectivity index (χ1n) is 13.7. The molecule has 0 spiro atoms. The van der Waals surface area contributed by atoms with Gasteiger partial charge in [0.05, 0.1) is 42.8 Å². The van der Waals surface area contributed by atoms with E-state index in [0.717, 1.165) is 55.2 Å². The largest absolute Gasteiger partial charge is 0.494 e. The Morgan fingerprint density at radius 1 is 0.976 bits per heavy atom. The quantitative estimate of drug-likeness (QED) is 0.199. The van der Waals surface area contributed by atoms with Gasteiger partial charge in [-0.3, -0.25) is 4.90 Å². The van der Waals surface area contributed by atoms with E-state index in [0.29, 0.717) is 22.4 Å². The summed E-state index contributed by atoms with van der Waals surface area (Å²) in [4.78, 5) is 22.5. The molecule has 0 unspecified atom stereocenters. The molecule has 8 nitrogen and oxygen atoms in total. The second-order valence-corrected chi connectivity index (χ2v) is 10.1. The first-order chi connectivity index (χ1) is 20.0. The number of hydrogen-bond acceptors (Lipinski definition) is 6. The number of carbonyl (C=O) groups is 1. The summed E-state index contributed by atoms with van der Waals surface area (Å²) >= 11 is 0. The number of morpholine rings is 1. The Morgan fingerprint density at radius 3 is 2.46 bits per heavy atom. The van der Waals surface area contributed by atoms with Crippen molar-refractivity contribution >= 4 is 28.3 Å². The van der Waals surface area contributed by atoms with E-state index in [1.807, 2.05) is 42.5 Å².